The molecule has 0 fully saturated rings. The summed E-state index contributed by atoms with van der Waals surface area (Å²) in [5, 5.41) is 11.7. The summed E-state index contributed by atoms with van der Waals surface area (Å²) in [6, 6.07) is 14.9. The van der Waals surface area contributed by atoms with Crippen molar-refractivity contribution in [2.45, 2.75) is 45.2 Å². The number of fused-ring (bicyclic) bond motifs is 3. The molecule has 0 saturated carbocycles. The van der Waals surface area contributed by atoms with Crippen molar-refractivity contribution >= 4 is 18.0 Å². The van der Waals surface area contributed by atoms with Crippen molar-refractivity contribution in [2.75, 3.05) is 13.2 Å². The van der Waals surface area contributed by atoms with Crippen molar-refractivity contribution in [3.05, 3.63) is 59.7 Å². The Balaban J connectivity index is 1.67. The normalized spacial score (nSPS) is 13.3. The average molecular weight is 424 g/mol. The SMILES string of the molecule is CC[C@H](NC(=O)OCC1c2ccccc2-c2ccccc21)C(=O)N(CC(=O)O)C(C)C. The summed E-state index contributed by atoms with van der Waals surface area (Å²) in [5.41, 5.74) is 4.48. The first kappa shape index (κ1) is 22.3. The number of nitrogens with one attached hydrogen (secondary N) is 1. The van der Waals surface area contributed by atoms with Gasteiger partial charge in [-0.2, -0.15) is 0 Å². The smallest absolute Gasteiger partial charge is 0.407 e. The zero-order valence-electron chi connectivity index (χ0n) is 18.0. The number of ether oxygens (including phenoxy) is 1. The van der Waals surface area contributed by atoms with Crippen LogP contribution in [-0.4, -0.2) is 53.2 Å². The highest BCUT2D eigenvalue weighted by molar-refractivity contribution is 5.88. The second kappa shape index (κ2) is 9.64. The molecule has 1 aliphatic rings. The Bertz CT molecular complexity index is 926. The van der Waals surface area contributed by atoms with Gasteiger partial charge in [-0.3, -0.25) is 9.59 Å². The fourth-order valence-corrected chi connectivity index (χ4v) is 3.98. The molecule has 2 aromatic carbocycles. The third-order valence-electron chi connectivity index (χ3n) is 5.55. The van der Waals surface area contributed by atoms with E-state index in [9.17, 15) is 14.4 Å². The largest absolute Gasteiger partial charge is 0.480 e. The van der Waals surface area contributed by atoms with Crippen LogP contribution in [0.1, 0.15) is 44.2 Å². The topological polar surface area (TPSA) is 95.9 Å². The fourth-order valence-electron chi connectivity index (χ4n) is 3.98. The number of hydrogen-bond donors (Lipinski definition) is 2. The Labute approximate surface area is 182 Å². The van der Waals surface area contributed by atoms with Crippen molar-refractivity contribution in [1.29, 1.82) is 0 Å². The van der Waals surface area contributed by atoms with Crippen molar-refractivity contribution in [3.63, 3.8) is 0 Å². The molecule has 1 atom stereocenters. The highest BCUT2D eigenvalue weighted by atomic mass is 16.5. The number of carboxylic acids is 1. The number of benzene rings is 2. The molecular weight excluding hydrogens is 396 g/mol. The summed E-state index contributed by atoms with van der Waals surface area (Å²) < 4.78 is 5.51. The lowest BCUT2D eigenvalue weighted by molar-refractivity contribution is -0.146. The summed E-state index contributed by atoms with van der Waals surface area (Å²) in [5.74, 6) is -1.61. The molecule has 0 unspecified atom stereocenters. The first-order chi connectivity index (χ1) is 14.8. The molecule has 7 heteroatoms. The molecule has 164 valence electrons. The molecule has 1 aliphatic carbocycles. The van der Waals surface area contributed by atoms with Crippen LogP contribution in [0.5, 0.6) is 0 Å². The molecule has 7 nitrogen and oxygen atoms in total. The van der Waals surface area contributed by atoms with Gasteiger partial charge in [-0.05, 0) is 42.5 Å². The van der Waals surface area contributed by atoms with Crippen LogP contribution in [0.15, 0.2) is 48.5 Å². The lowest BCUT2D eigenvalue weighted by atomic mass is 9.98. The summed E-state index contributed by atoms with van der Waals surface area (Å²) >= 11 is 0. The van der Waals surface area contributed by atoms with Crippen LogP contribution >= 0.6 is 0 Å². The van der Waals surface area contributed by atoms with E-state index in [0.717, 1.165) is 22.3 Å². The van der Waals surface area contributed by atoms with E-state index in [1.807, 2.05) is 36.4 Å². The van der Waals surface area contributed by atoms with E-state index >= 15 is 0 Å². The average Bonchev–Trinajstić information content (AvgIpc) is 3.07. The van der Waals surface area contributed by atoms with Crippen molar-refractivity contribution in [1.82, 2.24) is 10.2 Å². The zero-order valence-corrected chi connectivity index (χ0v) is 18.0. The van der Waals surface area contributed by atoms with E-state index in [4.69, 9.17) is 9.84 Å². The Hall–Kier alpha value is -3.35. The number of alkyl carbamates (subject to hydrolysis) is 1. The first-order valence-electron chi connectivity index (χ1n) is 10.5. The highest BCUT2D eigenvalue weighted by Gasteiger charge is 2.31. The molecule has 0 radical (unpaired) electrons. The Morgan fingerprint density at radius 3 is 2.06 bits per heavy atom. The van der Waals surface area contributed by atoms with Crippen LogP contribution in [0.4, 0.5) is 4.79 Å². The highest BCUT2D eigenvalue weighted by Crippen LogP contribution is 2.44. The van der Waals surface area contributed by atoms with E-state index < -0.39 is 30.6 Å². The van der Waals surface area contributed by atoms with Crippen molar-refractivity contribution < 1.29 is 24.2 Å². The number of carbonyl (C=O) groups excluding carboxylic acids is 2. The lowest BCUT2D eigenvalue weighted by Gasteiger charge is -2.29. The van der Waals surface area contributed by atoms with Gasteiger partial charge >= 0.3 is 12.1 Å². The molecule has 3 rings (SSSR count). The molecule has 2 amide bonds. The quantitative estimate of drug-likeness (QED) is 0.675. The summed E-state index contributed by atoms with van der Waals surface area (Å²) in [6.45, 7) is 4.96. The van der Waals surface area contributed by atoms with Crippen LogP contribution in [0.25, 0.3) is 11.1 Å². The summed E-state index contributed by atoms with van der Waals surface area (Å²) in [6.07, 6.45) is -0.368. The van der Waals surface area contributed by atoms with Gasteiger partial charge in [-0.1, -0.05) is 55.5 Å². The molecule has 0 aromatic heterocycles. The van der Waals surface area contributed by atoms with Gasteiger partial charge in [0.25, 0.3) is 0 Å². The first-order valence-corrected chi connectivity index (χ1v) is 10.5. The van der Waals surface area contributed by atoms with Crippen LogP contribution in [0.3, 0.4) is 0 Å². The van der Waals surface area contributed by atoms with Crippen molar-refractivity contribution in [2.24, 2.45) is 0 Å². The van der Waals surface area contributed by atoms with E-state index in [2.05, 4.69) is 17.4 Å². The number of rotatable bonds is 8. The number of nitrogens with zero attached hydrogens (tertiary/aromatic N) is 1. The maximum Gasteiger partial charge on any atom is 0.407 e. The Kier molecular flexibility index (Phi) is 6.95. The summed E-state index contributed by atoms with van der Waals surface area (Å²) in [4.78, 5) is 37.6. The van der Waals surface area contributed by atoms with Gasteiger partial charge in [0.05, 0.1) is 0 Å². The molecule has 0 saturated heterocycles. The van der Waals surface area contributed by atoms with E-state index in [0.29, 0.717) is 6.42 Å². The molecule has 0 spiro atoms. The van der Waals surface area contributed by atoms with Crippen LogP contribution < -0.4 is 5.32 Å². The Morgan fingerprint density at radius 1 is 1.03 bits per heavy atom. The third-order valence-corrected chi connectivity index (χ3v) is 5.55. The van der Waals surface area contributed by atoms with Crippen LogP contribution in [0.2, 0.25) is 0 Å². The number of carbonyl (C=O) groups is 3. The van der Waals surface area contributed by atoms with E-state index in [1.54, 1.807) is 20.8 Å². The maximum atomic E-state index is 12.8. The lowest BCUT2D eigenvalue weighted by Crippen LogP contribution is -2.52. The van der Waals surface area contributed by atoms with Gasteiger partial charge in [0.15, 0.2) is 0 Å². The Morgan fingerprint density at radius 2 is 1.58 bits per heavy atom. The van der Waals surface area contributed by atoms with Gasteiger partial charge in [0, 0.05) is 12.0 Å². The van der Waals surface area contributed by atoms with Gasteiger partial charge in [-0.25, -0.2) is 4.79 Å². The number of carboxylic acid groups (broad SMARTS) is 1. The molecule has 31 heavy (non-hydrogen) atoms. The third kappa shape index (κ3) is 4.87. The van der Waals surface area contributed by atoms with E-state index in [-0.39, 0.29) is 18.6 Å². The second-order valence-electron chi connectivity index (χ2n) is 7.88. The predicted molar refractivity (Wildman–Crippen MR) is 117 cm³/mol. The molecule has 0 aliphatic heterocycles. The minimum absolute atomic E-state index is 0.0758. The molecule has 2 aromatic rings. The minimum atomic E-state index is -1.10. The second-order valence-corrected chi connectivity index (χ2v) is 7.88. The minimum Gasteiger partial charge on any atom is -0.480 e. The van der Waals surface area contributed by atoms with Gasteiger partial charge < -0.3 is 20.1 Å². The molecule has 0 heterocycles. The number of aliphatic carboxylic acids is 1. The van der Waals surface area contributed by atoms with Crippen LogP contribution in [-0.2, 0) is 14.3 Å². The van der Waals surface area contributed by atoms with Gasteiger partial charge in [-0.15, -0.1) is 0 Å². The van der Waals surface area contributed by atoms with Gasteiger partial charge in [0.2, 0.25) is 5.91 Å². The maximum absolute atomic E-state index is 12.8. The molecule has 2 N–H and O–H groups in total. The molecular formula is C24H28N2O5. The number of hydrogen-bond acceptors (Lipinski definition) is 4. The zero-order chi connectivity index (χ0) is 22.5. The van der Waals surface area contributed by atoms with E-state index in [1.165, 1.54) is 4.90 Å². The van der Waals surface area contributed by atoms with Crippen molar-refractivity contribution in [3.8, 4) is 11.1 Å². The standard InChI is InChI=1S/C24H28N2O5/c1-4-21(23(29)26(15(2)3)13-22(27)28)25-24(30)31-14-20-18-11-7-5-9-16(18)17-10-6-8-12-19(17)20/h5-12,15,20-21H,4,13-14H2,1-3H3,(H,25,30)(H,27,28)/t21-/m0/s1. The predicted octanol–water partition coefficient (Wildman–Crippen LogP) is 3.63. The summed E-state index contributed by atoms with van der Waals surface area (Å²) in [7, 11) is 0. The fraction of sp³-hybridized carbons (Fsp3) is 0.375. The van der Waals surface area contributed by atoms with Crippen LogP contribution in [0, 0.1) is 0 Å². The number of amides is 2. The monoisotopic (exact) mass is 424 g/mol. The van der Waals surface area contributed by atoms with Gasteiger partial charge in [0.1, 0.15) is 19.2 Å². The molecule has 0 bridgehead atoms.